The van der Waals surface area contributed by atoms with Gasteiger partial charge in [-0.25, -0.2) is 0 Å². The molecule has 3 nitrogen and oxygen atoms in total. The first-order valence-electron chi connectivity index (χ1n) is 14.9. The molecule has 2 aromatic heterocycles. The van der Waals surface area contributed by atoms with E-state index in [9.17, 15) is 0 Å². The summed E-state index contributed by atoms with van der Waals surface area (Å²) < 4.78 is 8.70. The molecule has 0 fully saturated rings. The minimum Gasteiger partial charge on any atom is -0.455 e. The predicted octanol–water partition coefficient (Wildman–Crippen LogP) is 11.8. The normalized spacial score (nSPS) is 12.0. The summed E-state index contributed by atoms with van der Waals surface area (Å²) in [6.45, 7) is 4.00. The molecule has 0 atom stereocenters. The van der Waals surface area contributed by atoms with E-state index in [1.54, 1.807) is 0 Å². The van der Waals surface area contributed by atoms with Crippen LogP contribution >= 0.6 is 0 Å². The molecule has 1 aliphatic heterocycles. The SMILES string of the molecule is C1=Cc2cc3c(cc2Nc2ccc(-c4cccc5c4oc4ccccc45)cc21)c1ccccc1n3-c1ccccc1.CC.[HH]. The van der Waals surface area contributed by atoms with Gasteiger partial charge in [0.05, 0.1) is 11.0 Å². The molecule has 1 N–H and O–H groups in total. The number of benzene rings is 6. The predicted molar refractivity (Wildman–Crippen MR) is 186 cm³/mol. The van der Waals surface area contributed by atoms with Gasteiger partial charge in [-0.2, -0.15) is 0 Å². The number of nitrogens with zero attached hydrogens (tertiary/aromatic N) is 1. The number of hydrogen-bond acceptors (Lipinski definition) is 2. The zero-order valence-electron chi connectivity index (χ0n) is 24.1. The Morgan fingerprint density at radius 2 is 1.28 bits per heavy atom. The molecule has 1 aliphatic rings. The highest BCUT2D eigenvalue weighted by molar-refractivity contribution is 6.12. The van der Waals surface area contributed by atoms with Crippen molar-refractivity contribution < 1.29 is 5.84 Å². The molecule has 0 saturated carbocycles. The highest BCUT2D eigenvalue weighted by Gasteiger charge is 2.18. The molecular weight excluding hydrogens is 524 g/mol. The van der Waals surface area contributed by atoms with Crippen molar-refractivity contribution in [1.29, 1.82) is 0 Å². The van der Waals surface area contributed by atoms with E-state index in [1.807, 2.05) is 26.0 Å². The Morgan fingerprint density at radius 1 is 0.558 bits per heavy atom. The Morgan fingerprint density at radius 3 is 2.14 bits per heavy atom. The molecule has 0 unspecified atom stereocenters. The van der Waals surface area contributed by atoms with E-state index in [4.69, 9.17) is 4.42 Å². The molecular formula is C40H32N2O. The van der Waals surface area contributed by atoms with Crippen molar-refractivity contribution in [2.75, 3.05) is 5.32 Å². The first-order chi connectivity index (χ1) is 21.3. The maximum absolute atomic E-state index is 6.34. The summed E-state index contributed by atoms with van der Waals surface area (Å²) in [5.74, 6) is 0. The summed E-state index contributed by atoms with van der Waals surface area (Å²) in [6, 6.07) is 45.2. The van der Waals surface area contributed by atoms with Crippen LogP contribution in [0.1, 0.15) is 26.4 Å². The fourth-order valence-electron chi connectivity index (χ4n) is 6.41. The Balaban J connectivity index is 0.00000102. The van der Waals surface area contributed by atoms with Crippen molar-refractivity contribution in [3.8, 4) is 16.8 Å². The van der Waals surface area contributed by atoms with Crippen molar-refractivity contribution in [2.24, 2.45) is 0 Å². The third-order valence-corrected chi connectivity index (χ3v) is 8.34. The smallest absolute Gasteiger partial charge is 0.143 e. The number of hydrogen-bond donors (Lipinski definition) is 1. The van der Waals surface area contributed by atoms with Crippen LogP contribution < -0.4 is 5.32 Å². The summed E-state index contributed by atoms with van der Waals surface area (Å²) in [5.41, 5.74) is 12.2. The van der Waals surface area contributed by atoms with Crippen LogP contribution in [0.25, 0.3) is 72.7 Å². The fourth-order valence-corrected chi connectivity index (χ4v) is 6.41. The number of furan rings is 1. The number of nitrogens with one attached hydrogen (secondary N) is 1. The Labute approximate surface area is 251 Å². The van der Waals surface area contributed by atoms with Gasteiger partial charge in [0.15, 0.2) is 0 Å². The van der Waals surface area contributed by atoms with E-state index < -0.39 is 0 Å². The molecule has 0 saturated heterocycles. The second-order valence-electron chi connectivity index (χ2n) is 10.7. The van der Waals surface area contributed by atoms with Gasteiger partial charge >= 0.3 is 0 Å². The number of aromatic nitrogens is 1. The monoisotopic (exact) mass is 556 g/mol. The molecule has 8 aromatic rings. The molecule has 43 heavy (non-hydrogen) atoms. The van der Waals surface area contributed by atoms with Gasteiger partial charge in [0.1, 0.15) is 11.2 Å². The van der Waals surface area contributed by atoms with Crippen molar-refractivity contribution >= 4 is 67.3 Å². The van der Waals surface area contributed by atoms with Crippen molar-refractivity contribution in [2.45, 2.75) is 13.8 Å². The molecule has 0 radical (unpaired) electrons. The summed E-state index contributed by atoms with van der Waals surface area (Å²) in [5, 5.41) is 8.53. The minimum atomic E-state index is 0. The molecule has 0 amide bonds. The van der Waals surface area contributed by atoms with E-state index >= 15 is 0 Å². The first kappa shape index (κ1) is 25.2. The van der Waals surface area contributed by atoms with Gasteiger partial charge in [0, 0.05) is 51.2 Å². The number of para-hydroxylation sites is 4. The first-order valence-corrected chi connectivity index (χ1v) is 14.9. The summed E-state index contributed by atoms with van der Waals surface area (Å²) >= 11 is 0. The van der Waals surface area contributed by atoms with Gasteiger partial charge in [-0.1, -0.05) is 105 Å². The number of rotatable bonds is 2. The molecule has 208 valence electrons. The highest BCUT2D eigenvalue weighted by Crippen LogP contribution is 2.41. The molecule has 3 heteroatoms. The Hall–Kier alpha value is -5.54. The highest BCUT2D eigenvalue weighted by atomic mass is 16.3. The van der Waals surface area contributed by atoms with E-state index in [-0.39, 0.29) is 1.43 Å². The maximum Gasteiger partial charge on any atom is 0.143 e. The molecule has 0 aliphatic carbocycles. The van der Waals surface area contributed by atoms with Gasteiger partial charge in [-0.3, -0.25) is 0 Å². The second-order valence-corrected chi connectivity index (χ2v) is 10.7. The van der Waals surface area contributed by atoms with Crippen LogP contribution in [0.3, 0.4) is 0 Å². The Bertz CT molecular complexity index is 2340. The number of anilines is 2. The van der Waals surface area contributed by atoms with Gasteiger partial charge in [-0.05, 0) is 59.7 Å². The van der Waals surface area contributed by atoms with E-state index in [0.29, 0.717) is 0 Å². The molecule has 0 bridgehead atoms. The van der Waals surface area contributed by atoms with Gasteiger partial charge < -0.3 is 14.3 Å². The summed E-state index contributed by atoms with van der Waals surface area (Å²) in [4.78, 5) is 0. The lowest BCUT2D eigenvalue weighted by molar-refractivity contribution is 0.670. The lowest BCUT2D eigenvalue weighted by Gasteiger charge is -2.13. The van der Waals surface area contributed by atoms with Crippen LogP contribution in [-0.4, -0.2) is 4.57 Å². The zero-order valence-corrected chi connectivity index (χ0v) is 24.1. The van der Waals surface area contributed by atoms with Crippen LogP contribution in [0.15, 0.2) is 132 Å². The molecule has 9 rings (SSSR count). The summed E-state index contributed by atoms with van der Waals surface area (Å²) in [7, 11) is 0. The second kappa shape index (κ2) is 10.1. The van der Waals surface area contributed by atoms with E-state index in [0.717, 1.165) is 61.3 Å². The van der Waals surface area contributed by atoms with E-state index in [1.165, 1.54) is 21.8 Å². The topological polar surface area (TPSA) is 30.1 Å². The van der Waals surface area contributed by atoms with Gasteiger partial charge in [0.25, 0.3) is 0 Å². The Kier molecular flexibility index (Phi) is 5.90. The number of fused-ring (bicyclic) bond motifs is 8. The van der Waals surface area contributed by atoms with E-state index in [2.05, 4.69) is 137 Å². The van der Waals surface area contributed by atoms with Crippen molar-refractivity contribution in [3.63, 3.8) is 0 Å². The third-order valence-electron chi connectivity index (χ3n) is 8.34. The van der Waals surface area contributed by atoms with Gasteiger partial charge in [0.2, 0.25) is 0 Å². The fraction of sp³-hybridized carbons (Fsp3) is 0.0500. The lowest BCUT2D eigenvalue weighted by Crippen LogP contribution is -1.96. The van der Waals surface area contributed by atoms with Crippen molar-refractivity contribution in [1.82, 2.24) is 4.57 Å². The van der Waals surface area contributed by atoms with Crippen LogP contribution in [0, 0.1) is 0 Å². The van der Waals surface area contributed by atoms with Crippen LogP contribution in [0.2, 0.25) is 0 Å². The van der Waals surface area contributed by atoms with Gasteiger partial charge in [-0.15, -0.1) is 0 Å². The largest absolute Gasteiger partial charge is 0.455 e. The van der Waals surface area contributed by atoms with Crippen molar-refractivity contribution in [3.05, 3.63) is 139 Å². The quantitative estimate of drug-likeness (QED) is 0.229. The average Bonchev–Trinajstić information content (AvgIpc) is 3.54. The minimum absolute atomic E-state index is 0. The standard InChI is InChI=1S/C38H24N2O.C2H6.H2/c1-2-9-27(10-3-1)40-35-15-6-4-11-29(35)32-23-34-26(22-36(32)40)18-17-25-21-24(19-20-33(25)39-34)28-13-8-14-31-30-12-5-7-16-37(30)41-38(28)31;1-2;/h1-23,39H;1-2H3;1H. The lowest BCUT2D eigenvalue weighted by atomic mass is 9.99. The zero-order chi connectivity index (χ0) is 28.9. The van der Waals surface area contributed by atoms with Crippen LogP contribution in [0.5, 0.6) is 0 Å². The maximum atomic E-state index is 6.34. The average molecular weight is 557 g/mol. The van der Waals surface area contributed by atoms with Crippen LogP contribution in [0.4, 0.5) is 11.4 Å². The molecule has 0 spiro atoms. The third kappa shape index (κ3) is 3.97. The molecule has 3 heterocycles. The van der Waals surface area contributed by atoms with Crippen LogP contribution in [-0.2, 0) is 0 Å². The molecule has 6 aromatic carbocycles. The summed E-state index contributed by atoms with van der Waals surface area (Å²) in [6.07, 6.45) is 4.45.